The van der Waals surface area contributed by atoms with Gasteiger partial charge in [0.15, 0.2) is 0 Å². The van der Waals surface area contributed by atoms with E-state index >= 15 is 0 Å². The molecule has 1 fully saturated rings. The standard InChI is InChI=1S/C22H28N4OS/c1-18-4-6-20(7-5-18)26-15-19(13-23-26)14-24-9-10-25(21(16-24)8-11-27)17-22-3-2-12-28-22/h2-7,12-13,15,21,27H,8-11,14,16-17H2,1H3. The molecular weight excluding hydrogens is 368 g/mol. The monoisotopic (exact) mass is 396 g/mol. The summed E-state index contributed by atoms with van der Waals surface area (Å²) in [5, 5.41) is 16.2. The Hall–Kier alpha value is -1.99. The van der Waals surface area contributed by atoms with Gasteiger partial charge >= 0.3 is 0 Å². The maximum absolute atomic E-state index is 9.53. The number of piperazine rings is 1. The topological polar surface area (TPSA) is 44.5 Å². The van der Waals surface area contributed by atoms with Crippen LogP contribution < -0.4 is 0 Å². The van der Waals surface area contributed by atoms with Gasteiger partial charge in [0, 0.05) is 62.0 Å². The Balaban J connectivity index is 1.38. The number of nitrogens with zero attached hydrogens (tertiary/aromatic N) is 4. The molecule has 0 amide bonds. The SMILES string of the molecule is Cc1ccc(-n2cc(CN3CCN(Cc4cccs4)C(CCO)C3)cn2)cc1. The van der Waals surface area contributed by atoms with E-state index in [1.807, 2.05) is 22.2 Å². The number of rotatable bonds is 7. The van der Waals surface area contributed by atoms with Crippen LogP contribution in [0.3, 0.4) is 0 Å². The van der Waals surface area contributed by atoms with E-state index in [9.17, 15) is 5.11 Å². The van der Waals surface area contributed by atoms with Gasteiger partial charge in [0.05, 0.1) is 11.9 Å². The van der Waals surface area contributed by atoms with Crippen molar-refractivity contribution < 1.29 is 5.11 Å². The van der Waals surface area contributed by atoms with Crippen molar-refractivity contribution in [1.29, 1.82) is 0 Å². The summed E-state index contributed by atoms with van der Waals surface area (Å²) in [5.74, 6) is 0. The van der Waals surface area contributed by atoms with Gasteiger partial charge in [-0.15, -0.1) is 11.3 Å². The summed E-state index contributed by atoms with van der Waals surface area (Å²) in [4.78, 5) is 6.41. The second-order valence-electron chi connectivity index (χ2n) is 7.58. The van der Waals surface area contributed by atoms with Crippen LogP contribution >= 0.6 is 11.3 Å². The second-order valence-corrected chi connectivity index (χ2v) is 8.61. The molecule has 2 aromatic heterocycles. The van der Waals surface area contributed by atoms with Gasteiger partial charge in [-0.05, 0) is 36.9 Å². The number of aryl methyl sites for hydroxylation is 1. The van der Waals surface area contributed by atoms with Crippen LogP contribution in [0.15, 0.2) is 54.2 Å². The van der Waals surface area contributed by atoms with Crippen LogP contribution in [-0.2, 0) is 13.1 Å². The van der Waals surface area contributed by atoms with Gasteiger partial charge in [-0.1, -0.05) is 23.8 Å². The predicted octanol–water partition coefficient (Wildman–Crippen LogP) is 3.31. The van der Waals surface area contributed by atoms with Crippen LogP contribution in [0.1, 0.15) is 22.4 Å². The second kappa shape index (κ2) is 9.01. The van der Waals surface area contributed by atoms with E-state index in [1.54, 1.807) is 0 Å². The first-order chi connectivity index (χ1) is 13.7. The van der Waals surface area contributed by atoms with E-state index in [4.69, 9.17) is 0 Å². The molecule has 0 spiro atoms. The predicted molar refractivity (Wildman–Crippen MR) is 114 cm³/mol. The number of thiophene rings is 1. The van der Waals surface area contributed by atoms with Gasteiger partial charge in [0.2, 0.25) is 0 Å². The number of aromatic nitrogens is 2. The summed E-state index contributed by atoms with van der Waals surface area (Å²) in [6.07, 6.45) is 4.92. The summed E-state index contributed by atoms with van der Waals surface area (Å²) in [7, 11) is 0. The van der Waals surface area contributed by atoms with Crippen LogP contribution in [0.4, 0.5) is 0 Å². The number of benzene rings is 1. The van der Waals surface area contributed by atoms with E-state index in [2.05, 4.69) is 69.8 Å². The van der Waals surface area contributed by atoms with Crippen LogP contribution in [0, 0.1) is 6.92 Å². The molecule has 4 rings (SSSR count). The maximum atomic E-state index is 9.53. The van der Waals surface area contributed by atoms with Gasteiger partial charge in [-0.25, -0.2) is 4.68 Å². The highest BCUT2D eigenvalue weighted by Gasteiger charge is 2.27. The molecule has 1 atom stereocenters. The molecule has 28 heavy (non-hydrogen) atoms. The molecule has 3 heterocycles. The Labute approximate surface area is 170 Å². The lowest BCUT2D eigenvalue weighted by molar-refractivity contribution is 0.0506. The van der Waals surface area contributed by atoms with Crippen molar-refractivity contribution in [2.45, 2.75) is 32.5 Å². The lowest BCUT2D eigenvalue weighted by Crippen LogP contribution is -2.52. The minimum Gasteiger partial charge on any atom is -0.396 e. The summed E-state index contributed by atoms with van der Waals surface area (Å²) < 4.78 is 1.95. The first-order valence-electron chi connectivity index (χ1n) is 9.91. The molecular formula is C22H28N4OS. The zero-order valence-electron chi connectivity index (χ0n) is 16.4. The normalized spacial score (nSPS) is 18.6. The Morgan fingerprint density at radius 2 is 2.00 bits per heavy atom. The zero-order chi connectivity index (χ0) is 19.3. The molecule has 1 aromatic carbocycles. The van der Waals surface area contributed by atoms with Crippen LogP contribution in [0.5, 0.6) is 0 Å². The largest absolute Gasteiger partial charge is 0.396 e. The maximum Gasteiger partial charge on any atom is 0.0645 e. The molecule has 0 saturated carbocycles. The van der Waals surface area contributed by atoms with E-state index in [-0.39, 0.29) is 6.61 Å². The summed E-state index contributed by atoms with van der Waals surface area (Å²) in [6, 6.07) is 13.1. The highest BCUT2D eigenvalue weighted by molar-refractivity contribution is 7.09. The molecule has 3 aromatic rings. The van der Waals surface area contributed by atoms with Gasteiger partial charge in [0.1, 0.15) is 0 Å². The van der Waals surface area contributed by atoms with Crippen LogP contribution in [0.2, 0.25) is 0 Å². The summed E-state index contributed by atoms with van der Waals surface area (Å²) in [5.41, 5.74) is 3.58. The number of aliphatic hydroxyl groups is 1. The molecule has 148 valence electrons. The first-order valence-corrected chi connectivity index (χ1v) is 10.8. The third-order valence-corrected chi connectivity index (χ3v) is 6.29. The Morgan fingerprint density at radius 3 is 2.75 bits per heavy atom. The highest BCUT2D eigenvalue weighted by Crippen LogP contribution is 2.20. The molecule has 1 aliphatic heterocycles. The highest BCUT2D eigenvalue weighted by atomic mass is 32.1. The third kappa shape index (κ3) is 4.70. The lowest BCUT2D eigenvalue weighted by atomic mass is 10.1. The van der Waals surface area contributed by atoms with Gasteiger partial charge in [0.25, 0.3) is 0 Å². The molecule has 0 bridgehead atoms. The molecule has 1 unspecified atom stereocenters. The molecule has 1 N–H and O–H groups in total. The molecule has 6 heteroatoms. The van der Waals surface area contributed by atoms with E-state index in [0.717, 1.165) is 44.8 Å². The Bertz CT molecular complexity index is 859. The average Bonchev–Trinajstić information content (AvgIpc) is 3.37. The quantitative estimate of drug-likeness (QED) is 0.665. The van der Waals surface area contributed by atoms with Crippen LogP contribution in [0.25, 0.3) is 5.69 Å². The molecule has 0 radical (unpaired) electrons. The van der Waals surface area contributed by atoms with Crippen LogP contribution in [-0.4, -0.2) is 57.0 Å². The molecule has 0 aliphatic carbocycles. The lowest BCUT2D eigenvalue weighted by Gasteiger charge is -2.41. The van der Waals surface area contributed by atoms with Crippen molar-refractivity contribution in [3.8, 4) is 5.69 Å². The Kier molecular flexibility index (Phi) is 6.22. The third-order valence-electron chi connectivity index (χ3n) is 5.43. The van der Waals surface area contributed by atoms with E-state index in [0.29, 0.717) is 6.04 Å². The fraction of sp³-hybridized carbons (Fsp3) is 0.409. The van der Waals surface area contributed by atoms with Crippen molar-refractivity contribution in [2.24, 2.45) is 0 Å². The van der Waals surface area contributed by atoms with Crippen molar-refractivity contribution in [1.82, 2.24) is 19.6 Å². The fourth-order valence-corrected chi connectivity index (χ4v) is 4.60. The summed E-state index contributed by atoms with van der Waals surface area (Å²) in [6.45, 7) is 7.30. The Morgan fingerprint density at radius 1 is 1.14 bits per heavy atom. The van der Waals surface area contributed by atoms with Crippen molar-refractivity contribution in [3.63, 3.8) is 0 Å². The molecule has 5 nitrogen and oxygen atoms in total. The molecule has 1 saturated heterocycles. The smallest absolute Gasteiger partial charge is 0.0645 e. The van der Waals surface area contributed by atoms with E-state index in [1.165, 1.54) is 16.0 Å². The number of aliphatic hydroxyl groups excluding tert-OH is 1. The minimum atomic E-state index is 0.241. The van der Waals surface area contributed by atoms with Crippen molar-refractivity contribution in [2.75, 3.05) is 26.2 Å². The van der Waals surface area contributed by atoms with Gasteiger partial charge in [-0.2, -0.15) is 5.10 Å². The first kappa shape index (κ1) is 19.3. The van der Waals surface area contributed by atoms with Crippen molar-refractivity contribution >= 4 is 11.3 Å². The minimum absolute atomic E-state index is 0.241. The average molecular weight is 397 g/mol. The van der Waals surface area contributed by atoms with Gasteiger partial charge < -0.3 is 5.11 Å². The molecule has 1 aliphatic rings. The van der Waals surface area contributed by atoms with Crippen molar-refractivity contribution in [3.05, 3.63) is 70.2 Å². The zero-order valence-corrected chi connectivity index (χ0v) is 17.2. The fourth-order valence-electron chi connectivity index (χ4n) is 3.87. The summed E-state index contributed by atoms with van der Waals surface area (Å²) >= 11 is 1.81. The number of hydrogen-bond donors (Lipinski definition) is 1. The van der Waals surface area contributed by atoms with Gasteiger partial charge in [-0.3, -0.25) is 9.80 Å². The van der Waals surface area contributed by atoms with E-state index < -0.39 is 0 Å². The number of hydrogen-bond acceptors (Lipinski definition) is 5.